The van der Waals surface area contributed by atoms with Gasteiger partial charge in [-0.15, -0.1) is 0 Å². The Bertz CT molecular complexity index is 732. The Hall–Kier alpha value is -2.37. The lowest BCUT2D eigenvalue weighted by atomic mass is 10.1. The van der Waals surface area contributed by atoms with Crippen LogP contribution in [0.1, 0.15) is 11.1 Å². The minimum Gasteiger partial charge on any atom is -0.351 e. The minimum absolute atomic E-state index is 0.116. The van der Waals surface area contributed by atoms with Crippen molar-refractivity contribution in [3.05, 3.63) is 64.7 Å². The second kappa shape index (κ2) is 9.20. The van der Waals surface area contributed by atoms with Crippen LogP contribution < -0.4 is 10.6 Å². The zero-order valence-corrected chi connectivity index (χ0v) is 15.1. The molecule has 0 heterocycles. The average molecular weight is 360 g/mol. The average Bonchev–Trinajstić information content (AvgIpc) is 2.54. The van der Waals surface area contributed by atoms with Crippen LogP contribution in [0.15, 0.2) is 48.5 Å². The van der Waals surface area contributed by atoms with Crippen molar-refractivity contribution in [3.63, 3.8) is 0 Å². The molecule has 0 spiro atoms. The number of benzene rings is 2. The molecule has 0 unspecified atom stereocenters. The number of hydrogen-bond donors (Lipinski definition) is 2. The standard InChI is InChI=1S/C19H22ClN3O2/c1-14-6-8-15(9-7-14)11-21-18(24)12-23(2)13-19(25)22-17-5-3-4-16(20)10-17/h3-10H,11-13H2,1-2H3,(H,21,24)(H,22,25). The van der Waals surface area contributed by atoms with Crippen LogP contribution in [-0.2, 0) is 16.1 Å². The molecule has 0 radical (unpaired) electrons. The normalized spacial score (nSPS) is 10.6. The van der Waals surface area contributed by atoms with Crippen molar-refractivity contribution in [1.82, 2.24) is 10.2 Å². The molecule has 0 aliphatic heterocycles. The van der Waals surface area contributed by atoms with Crippen molar-refractivity contribution in [1.29, 1.82) is 0 Å². The molecule has 0 bridgehead atoms. The SMILES string of the molecule is Cc1ccc(CNC(=O)CN(C)CC(=O)Nc2cccc(Cl)c2)cc1. The minimum atomic E-state index is -0.198. The van der Waals surface area contributed by atoms with E-state index in [1.807, 2.05) is 31.2 Å². The molecule has 2 N–H and O–H groups in total. The highest BCUT2D eigenvalue weighted by molar-refractivity contribution is 6.30. The van der Waals surface area contributed by atoms with Gasteiger partial charge in [-0.05, 0) is 37.7 Å². The molecule has 5 nitrogen and oxygen atoms in total. The highest BCUT2D eigenvalue weighted by Crippen LogP contribution is 2.14. The first kappa shape index (κ1) is 19.0. The molecule has 0 aromatic heterocycles. The number of hydrogen-bond acceptors (Lipinski definition) is 3. The number of halogens is 1. The Morgan fingerprint density at radius 2 is 1.72 bits per heavy atom. The number of carbonyl (C=O) groups excluding carboxylic acids is 2. The predicted molar refractivity (Wildman–Crippen MR) is 101 cm³/mol. The van der Waals surface area contributed by atoms with Crippen LogP contribution in [0.4, 0.5) is 5.69 Å². The summed E-state index contributed by atoms with van der Waals surface area (Å²) in [6.07, 6.45) is 0. The van der Waals surface area contributed by atoms with E-state index in [1.54, 1.807) is 36.2 Å². The van der Waals surface area contributed by atoms with E-state index in [-0.39, 0.29) is 24.9 Å². The van der Waals surface area contributed by atoms with Gasteiger partial charge in [0.25, 0.3) is 0 Å². The van der Waals surface area contributed by atoms with E-state index in [4.69, 9.17) is 11.6 Å². The third kappa shape index (κ3) is 6.95. The summed E-state index contributed by atoms with van der Waals surface area (Å²) in [7, 11) is 1.73. The van der Waals surface area contributed by atoms with Crippen LogP contribution in [0.3, 0.4) is 0 Å². The summed E-state index contributed by atoms with van der Waals surface area (Å²) >= 11 is 5.88. The van der Waals surface area contributed by atoms with Gasteiger partial charge in [0.05, 0.1) is 13.1 Å². The number of amides is 2. The largest absolute Gasteiger partial charge is 0.351 e. The number of nitrogens with zero attached hydrogens (tertiary/aromatic N) is 1. The Morgan fingerprint density at radius 1 is 1.04 bits per heavy atom. The van der Waals surface area contributed by atoms with Crippen LogP contribution >= 0.6 is 11.6 Å². The van der Waals surface area contributed by atoms with E-state index in [9.17, 15) is 9.59 Å². The van der Waals surface area contributed by atoms with Gasteiger partial charge in [0.2, 0.25) is 11.8 Å². The number of rotatable bonds is 7. The van der Waals surface area contributed by atoms with Crippen molar-refractivity contribution < 1.29 is 9.59 Å². The Labute approximate surface area is 153 Å². The van der Waals surface area contributed by atoms with Crippen molar-refractivity contribution in [2.24, 2.45) is 0 Å². The van der Waals surface area contributed by atoms with E-state index in [1.165, 1.54) is 5.56 Å². The van der Waals surface area contributed by atoms with Crippen LogP contribution in [-0.4, -0.2) is 36.9 Å². The van der Waals surface area contributed by atoms with E-state index in [0.717, 1.165) is 5.56 Å². The molecular weight excluding hydrogens is 338 g/mol. The molecule has 132 valence electrons. The van der Waals surface area contributed by atoms with Crippen molar-refractivity contribution in [2.45, 2.75) is 13.5 Å². The van der Waals surface area contributed by atoms with Gasteiger partial charge in [-0.25, -0.2) is 0 Å². The van der Waals surface area contributed by atoms with Gasteiger partial charge in [0.15, 0.2) is 0 Å². The molecule has 0 aliphatic carbocycles. The van der Waals surface area contributed by atoms with Crippen LogP contribution in [0.5, 0.6) is 0 Å². The van der Waals surface area contributed by atoms with Crippen molar-refractivity contribution in [3.8, 4) is 0 Å². The van der Waals surface area contributed by atoms with E-state index in [2.05, 4.69) is 10.6 Å². The fourth-order valence-electron chi connectivity index (χ4n) is 2.28. The van der Waals surface area contributed by atoms with Crippen LogP contribution in [0.25, 0.3) is 0 Å². The summed E-state index contributed by atoms with van der Waals surface area (Å²) in [6.45, 7) is 2.76. The monoisotopic (exact) mass is 359 g/mol. The van der Waals surface area contributed by atoms with Crippen LogP contribution in [0.2, 0.25) is 5.02 Å². The maximum Gasteiger partial charge on any atom is 0.238 e. The first-order chi connectivity index (χ1) is 11.9. The number of nitrogens with one attached hydrogen (secondary N) is 2. The molecule has 0 aliphatic rings. The van der Waals surface area contributed by atoms with E-state index >= 15 is 0 Å². The maximum absolute atomic E-state index is 12.0. The van der Waals surface area contributed by atoms with Gasteiger partial charge < -0.3 is 10.6 Å². The molecule has 2 rings (SSSR count). The molecule has 2 amide bonds. The second-order valence-corrected chi connectivity index (χ2v) is 6.43. The molecule has 2 aromatic rings. The molecule has 0 saturated heterocycles. The Morgan fingerprint density at radius 3 is 2.40 bits per heavy atom. The van der Waals surface area contributed by atoms with E-state index in [0.29, 0.717) is 17.3 Å². The van der Waals surface area contributed by atoms with Gasteiger partial charge in [-0.3, -0.25) is 14.5 Å². The molecule has 0 fully saturated rings. The number of anilines is 1. The summed E-state index contributed by atoms with van der Waals surface area (Å²) in [5.74, 6) is -0.324. The quantitative estimate of drug-likeness (QED) is 0.799. The number of carbonyl (C=O) groups is 2. The summed E-state index contributed by atoms with van der Waals surface area (Å²) < 4.78 is 0. The molecular formula is C19H22ClN3O2. The summed E-state index contributed by atoms with van der Waals surface area (Å²) in [6, 6.07) is 14.9. The summed E-state index contributed by atoms with van der Waals surface area (Å²) in [5.41, 5.74) is 2.86. The number of likely N-dealkylation sites (N-methyl/N-ethyl adjacent to an activating group) is 1. The molecule has 6 heteroatoms. The lowest BCUT2D eigenvalue weighted by molar-refractivity contribution is -0.123. The first-order valence-corrected chi connectivity index (χ1v) is 8.36. The summed E-state index contributed by atoms with van der Waals surface area (Å²) in [4.78, 5) is 25.6. The second-order valence-electron chi connectivity index (χ2n) is 5.99. The van der Waals surface area contributed by atoms with Crippen molar-refractivity contribution >= 4 is 29.1 Å². The molecule has 0 atom stereocenters. The van der Waals surface area contributed by atoms with Gasteiger partial charge in [-0.1, -0.05) is 47.5 Å². The van der Waals surface area contributed by atoms with E-state index < -0.39 is 0 Å². The summed E-state index contributed by atoms with van der Waals surface area (Å²) in [5, 5.41) is 6.16. The Kier molecular flexibility index (Phi) is 6.98. The highest BCUT2D eigenvalue weighted by Gasteiger charge is 2.11. The lowest BCUT2D eigenvalue weighted by Crippen LogP contribution is -2.38. The van der Waals surface area contributed by atoms with Gasteiger partial charge in [0, 0.05) is 17.3 Å². The van der Waals surface area contributed by atoms with Crippen molar-refractivity contribution in [2.75, 3.05) is 25.5 Å². The third-order valence-electron chi connectivity index (χ3n) is 3.55. The molecule has 0 saturated carbocycles. The third-order valence-corrected chi connectivity index (χ3v) is 3.78. The number of aryl methyl sites for hydroxylation is 1. The van der Waals surface area contributed by atoms with Crippen LogP contribution in [0, 0.1) is 6.92 Å². The van der Waals surface area contributed by atoms with Gasteiger partial charge >= 0.3 is 0 Å². The smallest absolute Gasteiger partial charge is 0.238 e. The van der Waals surface area contributed by atoms with Gasteiger partial charge in [-0.2, -0.15) is 0 Å². The first-order valence-electron chi connectivity index (χ1n) is 7.98. The lowest BCUT2D eigenvalue weighted by Gasteiger charge is -2.16. The maximum atomic E-state index is 12.0. The zero-order valence-electron chi connectivity index (χ0n) is 14.4. The topological polar surface area (TPSA) is 61.4 Å². The fourth-order valence-corrected chi connectivity index (χ4v) is 2.47. The Balaban J connectivity index is 1.73. The molecule has 25 heavy (non-hydrogen) atoms. The van der Waals surface area contributed by atoms with Gasteiger partial charge in [0.1, 0.15) is 0 Å². The fraction of sp³-hybridized carbons (Fsp3) is 0.263. The zero-order chi connectivity index (χ0) is 18.2. The highest BCUT2D eigenvalue weighted by atomic mass is 35.5. The molecule has 2 aromatic carbocycles. The predicted octanol–water partition coefficient (Wildman–Crippen LogP) is 2.84.